The second-order valence-electron chi connectivity index (χ2n) is 8.23. The van der Waals surface area contributed by atoms with Gasteiger partial charge in [0.05, 0.1) is 0 Å². The Bertz CT molecular complexity index is 982. The number of aromatic nitrogens is 3. The topological polar surface area (TPSA) is 74.2 Å². The quantitative estimate of drug-likeness (QED) is 0.661. The van der Waals surface area contributed by atoms with Crippen molar-refractivity contribution in [2.24, 2.45) is 11.8 Å². The Kier molecular flexibility index (Phi) is 5.32. The molecular weight excluding hydrogens is 374 g/mol. The molecule has 1 saturated carbocycles. The van der Waals surface area contributed by atoms with Gasteiger partial charge in [-0.1, -0.05) is 30.3 Å². The van der Waals surface area contributed by atoms with E-state index >= 15 is 0 Å². The van der Waals surface area contributed by atoms with Gasteiger partial charge in [0.25, 0.3) is 0 Å². The molecule has 30 heavy (non-hydrogen) atoms. The fourth-order valence-corrected chi connectivity index (χ4v) is 4.21. The van der Waals surface area contributed by atoms with Gasteiger partial charge in [0.2, 0.25) is 0 Å². The van der Waals surface area contributed by atoms with E-state index in [0.29, 0.717) is 17.7 Å². The van der Waals surface area contributed by atoms with Crippen LogP contribution in [-0.2, 0) is 12.8 Å². The lowest BCUT2D eigenvalue weighted by Crippen LogP contribution is -2.27. The Morgan fingerprint density at radius 2 is 1.73 bits per heavy atom. The number of hydrogen-bond donors (Lipinski definition) is 2. The molecule has 0 radical (unpaired) electrons. The van der Waals surface area contributed by atoms with Gasteiger partial charge in [-0.25, -0.2) is 9.97 Å². The molecule has 3 heterocycles. The zero-order valence-corrected chi connectivity index (χ0v) is 17.0. The minimum absolute atomic E-state index is 0.273. The molecule has 3 aromatic rings. The van der Waals surface area contributed by atoms with Crippen molar-refractivity contribution in [2.75, 3.05) is 36.5 Å². The molecule has 2 unspecified atom stereocenters. The van der Waals surface area contributed by atoms with Crippen LogP contribution < -0.4 is 10.2 Å². The smallest absolute Gasteiger partial charge is 0.182 e. The monoisotopic (exact) mass is 401 g/mol. The number of pyridine rings is 1. The van der Waals surface area contributed by atoms with E-state index in [4.69, 9.17) is 9.97 Å². The summed E-state index contributed by atoms with van der Waals surface area (Å²) in [5.41, 5.74) is 3.64. The van der Waals surface area contributed by atoms with Crippen molar-refractivity contribution in [3.8, 4) is 11.5 Å². The Labute approximate surface area is 177 Å². The first-order valence-electron chi connectivity index (χ1n) is 10.8. The normalized spacial score (nSPS) is 20.4. The van der Waals surface area contributed by atoms with Crippen LogP contribution >= 0.6 is 0 Å². The SMILES string of the molecule is OCC1CC1CNc1cc(N2CCc3ccccc3CC2)nc(-c2ccccn2)n1. The number of fused-ring (bicyclic) bond motifs is 1. The molecule has 0 spiro atoms. The van der Waals surface area contributed by atoms with E-state index < -0.39 is 0 Å². The molecule has 2 N–H and O–H groups in total. The highest BCUT2D eigenvalue weighted by Gasteiger charge is 2.35. The number of aliphatic hydroxyl groups excluding tert-OH is 1. The van der Waals surface area contributed by atoms with E-state index in [9.17, 15) is 5.11 Å². The standard InChI is InChI=1S/C24H27N5O/c30-16-20-13-19(20)15-26-22-14-23(28-24(27-22)21-7-3-4-10-25-21)29-11-8-17-5-1-2-6-18(17)9-12-29/h1-7,10,14,19-20,30H,8-9,11-13,15-16H2,(H,26,27,28). The third-order valence-corrected chi connectivity index (χ3v) is 6.20. The molecule has 2 atom stereocenters. The van der Waals surface area contributed by atoms with Gasteiger partial charge in [-0.05, 0) is 54.4 Å². The van der Waals surface area contributed by atoms with Gasteiger partial charge in [-0.15, -0.1) is 0 Å². The molecule has 0 amide bonds. The average Bonchev–Trinajstić information content (AvgIpc) is 3.60. The largest absolute Gasteiger partial charge is 0.396 e. The highest BCUT2D eigenvalue weighted by Crippen LogP contribution is 2.37. The van der Waals surface area contributed by atoms with Gasteiger partial charge < -0.3 is 15.3 Å². The van der Waals surface area contributed by atoms with Crippen molar-refractivity contribution in [2.45, 2.75) is 19.3 Å². The van der Waals surface area contributed by atoms with Crippen molar-refractivity contribution < 1.29 is 5.11 Å². The van der Waals surface area contributed by atoms with Crippen LogP contribution in [0.5, 0.6) is 0 Å². The summed E-state index contributed by atoms with van der Waals surface area (Å²) in [4.78, 5) is 16.4. The number of anilines is 2. The molecule has 154 valence electrons. The van der Waals surface area contributed by atoms with Crippen molar-refractivity contribution >= 4 is 11.6 Å². The lowest BCUT2D eigenvalue weighted by atomic mass is 10.0. The van der Waals surface area contributed by atoms with Gasteiger partial charge in [0.15, 0.2) is 5.82 Å². The number of hydrogen-bond acceptors (Lipinski definition) is 6. The zero-order valence-electron chi connectivity index (χ0n) is 17.0. The summed E-state index contributed by atoms with van der Waals surface area (Å²) in [7, 11) is 0. The van der Waals surface area contributed by atoms with Crippen molar-refractivity contribution in [3.63, 3.8) is 0 Å². The summed E-state index contributed by atoms with van der Waals surface area (Å²) < 4.78 is 0. The Morgan fingerprint density at radius 3 is 2.40 bits per heavy atom. The molecule has 1 aliphatic carbocycles. The van der Waals surface area contributed by atoms with E-state index in [1.54, 1.807) is 6.20 Å². The van der Waals surface area contributed by atoms with E-state index in [1.165, 1.54) is 11.1 Å². The number of nitrogens with zero attached hydrogens (tertiary/aromatic N) is 4. The Morgan fingerprint density at radius 1 is 0.967 bits per heavy atom. The van der Waals surface area contributed by atoms with E-state index in [1.807, 2.05) is 18.2 Å². The van der Waals surface area contributed by atoms with Crippen LogP contribution in [0.1, 0.15) is 17.5 Å². The van der Waals surface area contributed by atoms with Crippen LogP contribution in [0.4, 0.5) is 11.6 Å². The summed E-state index contributed by atoms with van der Waals surface area (Å²) >= 11 is 0. The third-order valence-electron chi connectivity index (χ3n) is 6.20. The molecule has 1 aliphatic heterocycles. The van der Waals surface area contributed by atoms with Gasteiger partial charge in [0, 0.05) is 38.5 Å². The second kappa shape index (κ2) is 8.40. The van der Waals surface area contributed by atoms with Crippen molar-refractivity contribution in [1.29, 1.82) is 0 Å². The minimum atomic E-state index is 0.273. The first-order valence-corrected chi connectivity index (χ1v) is 10.8. The average molecular weight is 402 g/mol. The van der Waals surface area contributed by atoms with Gasteiger partial charge in [0.1, 0.15) is 17.3 Å². The summed E-state index contributed by atoms with van der Waals surface area (Å²) in [5.74, 6) is 3.37. The molecule has 1 aromatic carbocycles. The molecule has 2 aliphatic rings. The molecule has 0 bridgehead atoms. The van der Waals surface area contributed by atoms with Crippen LogP contribution in [0.2, 0.25) is 0 Å². The fourth-order valence-electron chi connectivity index (χ4n) is 4.21. The molecule has 6 heteroatoms. The second-order valence-corrected chi connectivity index (χ2v) is 8.23. The highest BCUT2D eigenvalue weighted by molar-refractivity contribution is 5.59. The number of nitrogens with one attached hydrogen (secondary N) is 1. The lowest BCUT2D eigenvalue weighted by Gasteiger charge is -2.22. The van der Waals surface area contributed by atoms with E-state index in [-0.39, 0.29) is 6.61 Å². The van der Waals surface area contributed by atoms with Crippen LogP contribution in [0.3, 0.4) is 0 Å². The molecule has 2 aromatic heterocycles. The maximum absolute atomic E-state index is 9.31. The van der Waals surface area contributed by atoms with Gasteiger partial charge in [-0.2, -0.15) is 0 Å². The third kappa shape index (κ3) is 4.14. The van der Waals surface area contributed by atoms with Gasteiger partial charge in [-0.3, -0.25) is 4.98 Å². The maximum Gasteiger partial charge on any atom is 0.182 e. The first kappa shape index (κ1) is 19.0. The minimum Gasteiger partial charge on any atom is -0.396 e. The Hall–Kier alpha value is -2.99. The molecule has 6 nitrogen and oxygen atoms in total. The van der Waals surface area contributed by atoms with Gasteiger partial charge >= 0.3 is 0 Å². The highest BCUT2D eigenvalue weighted by atomic mass is 16.3. The van der Waals surface area contributed by atoms with Crippen LogP contribution in [0, 0.1) is 11.8 Å². The fraction of sp³-hybridized carbons (Fsp3) is 0.375. The van der Waals surface area contributed by atoms with Crippen molar-refractivity contribution in [1.82, 2.24) is 15.0 Å². The van der Waals surface area contributed by atoms with Crippen LogP contribution in [-0.4, -0.2) is 46.3 Å². The maximum atomic E-state index is 9.31. The summed E-state index contributed by atoms with van der Waals surface area (Å²) in [5, 5.41) is 12.8. The van der Waals surface area contributed by atoms with E-state index in [2.05, 4.69) is 45.5 Å². The zero-order chi connectivity index (χ0) is 20.3. The Balaban J connectivity index is 1.41. The molecule has 0 saturated heterocycles. The molecule has 1 fully saturated rings. The predicted octanol–water partition coefficient (Wildman–Crippen LogP) is 3.18. The summed E-state index contributed by atoms with van der Waals surface area (Å²) in [6.45, 7) is 2.97. The van der Waals surface area contributed by atoms with E-state index in [0.717, 1.165) is 56.2 Å². The lowest BCUT2D eigenvalue weighted by molar-refractivity contribution is 0.270. The van der Waals surface area contributed by atoms with Crippen LogP contribution in [0.25, 0.3) is 11.5 Å². The predicted molar refractivity (Wildman–Crippen MR) is 118 cm³/mol. The molecular formula is C24H27N5O. The van der Waals surface area contributed by atoms with Crippen LogP contribution in [0.15, 0.2) is 54.7 Å². The number of rotatable bonds is 6. The van der Waals surface area contributed by atoms with Crippen molar-refractivity contribution in [3.05, 3.63) is 65.9 Å². The first-order chi connectivity index (χ1) is 14.8. The summed E-state index contributed by atoms with van der Waals surface area (Å²) in [6.07, 6.45) is 4.89. The number of aliphatic hydroxyl groups is 1. The number of benzene rings is 1. The summed E-state index contributed by atoms with van der Waals surface area (Å²) in [6, 6.07) is 16.6. The molecule has 5 rings (SSSR count).